The minimum Gasteiger partial charge on any atom is -0.204 e. The van der Waals surface area contributed by atoms with Gasteiger partial charge < -0.3 is 0 Å². The van der Waals surface area contributed by atoms with Gasteiger partial charge in [0, 0.05) is 0 Å². The van der Waals surface area contributed by atoms with Crippen molar-refractivity contribution in [3.05, 3.63) is 34.1 Å². The van der Waals surface area contributed by atoms with Crippen molar-refractivity contribution < 1.29 is 26.3 Å². The highest BCUT2D eigenvalue weighted by molar-refractivity contribution is 5.49. The van der Waals surface area contributed by atoms with Crippen molar-refractivity contribution in [1.82, 2.24) is 0 Å². The maximum Gasteiger partial charge on any atom is 0.420 e. The average Bonchev–Trinajstić information content (AvgIpc) is 2.22. The van der Waals surface area contributed by atoms with Gasteiger partial charge in [0.05, 0.1) is 0 Å². The summed E-state index contributed by atoms with van der Waals surface area (Å²) in [4.78, 5) is 0. The van der Waals surface area contributed by atoms with Gasteiger partial charge in [-0.1, -0.05) is 0 Å². The molecule has 0 radical (unpaired) electrons. The predicted molar refractivity (Wildman–Crippen MR) is 40.7 cm³/mol. The highest BCUT2D eigenvalue weighted by Crippen LogP contribution is 2.37. The number of benzene rings is 1. The Morgan fingerprint density at radius 2 is 1.24 bits per heavy atom. The Bertz CT molecular complexity index is 561. The summed E-state index contributed by atoms with van der Waals surface area (Å²) >= 11 is 0. The summed E-state index contributed by atoms with van der Waals surface area (Å²) in [6.45, 7) is 0. The lowest BCUT2D eigenvalue weighted by atomic mass is 10.0. The molecule has 17 heavy (non-hydrogen) atoms. The molecular weight excluding hydrogens is 250 g/mol. The van der Waals surface area contributed by atoms with Crippen LogP contribution < -0.4 is 0 Å². The van der Waals surface area contributed by atoms with Crippen molar-refractivity contribution in [2.24, 2.45) is 0 Å². The molecule has 0 bridgehead atoms. The maximum atomic E-state index is 13.2. The van der Waals surface area contributed by atoms with Crippen molar-refractivity contribution >= 4 is 0 Å². The number of halogens is 6. The van der Waals surface area contributed by atoms with E-state index in [1.54, 1.807) is 0 Å². The van der Waals surface area contributed by atoms with Crippen molar-refractivity contribution in [2.75, 3.05) is 0 Å². The molecule has 0 amide bonds. The Morgan fingerprint density at radius 3 is 1.59 bits per heavy atom. The Kier molecular flexibility index (Phi) is 3.01. The van der Waals surface area contributed by atoms with E-state index in [2.05, 4.69) is 0 Å². The quantitative estimate of drug-likeness (QED) is 0.525. The summed E-state index contributed by atoms with van der Waals surface area (Å²) in [5.41, 5.74) is -5.66. The van der Waals surface area contributed by atoms with Gasteiger partial charge in [-0.05, 0) is 0 Å². The summed E-state index contributed by atoms with van der Waals surface area (Å²) in [6, 6.07) is 1.61. The molecule has 1 aromatic carbocycles. The fourth-order valence-electron chi connectivity index (χ4n) is 1.13. The van der Waals surface area contributed by atoms with Crippen LogP contribution in [0, 0.1) is 40.1 Å². The molecule has 0 aliphatic carbocycles. The molecule has 0 fully saturated rings. The van der Waals surface area contributed by atoms with Gasteiger partial charge in [0.1, 0.15) is 28.8 Å². The van der Waals surface area contributed by atoms with Gasteiger partial charge in [-0.3, -0.25) is 0 Å². The lowest BCUT2D eigenvalue weighted by Crippen LogP contribution is -2.16. The predicted octanol–water partition coefficient (Wildman–Crippen LogP) is 2.87. The lowest BCUT2D eigenvalue weighted by molar-refractivity contribution is -0.140. The van der Waals surface area contributed by atoms with E-state index >= 15 is 0 Å². The third-order valence-electron chi connectivity index (χ3n) is 1.83. The minimum atomic E-state index is -5.44. The van der Waals surface area contributed by atoms with Crippen molar-refractivity contribution in [1.29, 1.82) is 10.5 Å². The summed E-state index contributed by atoms with van der Waals surface area (Å²) < 4.78 is 75.9. The maximum absolute atomic E-state index is 13.2. The van der Waals surface area contributed by atoms with Gasteiger partial charge in [-0.25, -0.2) is 13.2 Å². The van der Waals surface area contributed by atoms with Gasteiger partial charge in [-0.15, -0.1) is 0 Å². The largest absolute Gasteiger partial charge is 0.420 e. The molecule has 8 heteroatoms. The van der Waals surface area contributed by atoms with Crippen molar-refractivity contribution in [2.45, 2.75) is 6.18 Å². The third kappa shape index (κ3) is 1.89. The molecule has 0 aromatic heterocycles. The monoisotopic (exact) mass is 250 g/mol. The molecule has 0 saturated carbocycles. The summed E-state index contributed by atoms with van der Waals surface area (Å²) in [6.07, 6.45) is -5.44. The molecule has 0 aliphatic rings. The number of hydrogen-bond acceptors (Lipinski definition) is 2. The van der Waals surface area contributed by atoms with Crippen LogP contribution in [0.2, 0.25) is 0 Å². The molecule has 1 rings (SSSR count). The first-order chi connectivity index (χ1) is 7.75. The SMILES string of the molecule is N#Cc1c(F)c(F)c(C(F)(F)F)c(C#N)c1F. The first-order valence-corrected chi connectivity index (χ1v) is 3.83. The van der Waals surface area contributed by atoms with E-state index < -0.39 is 40.3 Å². The standard InChI is InChI=1S/C9F6N2/c10-6-3(1-16)5(9(13,14)15)8(12)7(11)4(6)2-17. The second-order valence-corrected chi connectivity index (χ2v) is 2.79. The highest BCUT2D eigenvalue weighted by Gasteiger charge is 2.41. The van der Waals surface area contributed by atoms with Crippen LogP contribution in [0.4, 0.5) is 26.3 Å². The zero-order valence-corrected chi connectivity index (χ0v) is 7.66. The molecule has 88 valence electrons. The molecule has 0 saturated heterocycles. The van der Waals surface area contributed by atoms with Crippen LogP contribution >= 0.6 is 0 Å². The van der Waals surface area contributed by atoms with E-state index in [-0.39, 0.29) is 0 Å². The molecule has 0 unspecified atom stereocenters. The van der Waals surface area contributed by atoms with Gasteiger partial charge >= 0.3 is 6.18 Å². The van der Waals surface area contributed by atoms with Crippen LogP contribution in [0.5, 0.6) is 0 Å². The summed E-state index contributed by atoms with van der Waals surface area (Å²) in [5, 5.41) is 16.6. The van der Waals surface area contributed by atoms with Gasteiger partial charge in [0.25, 0.3) is 0 Å². The summed E-state index contributed by atoms with van der Waals surface area (Å²) in [7, 11) is 0. The highest BCUT2D eigenvalue weighted by atomic mass is 19.4. The van der Waals surface area contributed by atoms with Gasteiger partial charge in [0.2, 0.25) is 0 Å². The Labute approximate surface area is 90.3 Å². The van der Waals surface area contributed by atoms with Crippen LogP contribution in [-0.2, 0) is 6.18 Å². The van der Waals surface area contributed by atoms with E-state index in [1.807, 2.05) is 0 Å². The van der Waals surface area contributed by atoms with Crippen LogP contribution in [0.15, 0.2) is 0 Å². The number of rotatable bonds is 0. The first-order valence-electron chi connectivity index (χ1n) is 3.83. The zero-order chi connectivity index (χ0) is 13.4. The van der Waals surface area contributed by atoms with Gasteiger partial charge in [-0.2, -0.15) is 23.7 Å². The van der Waals surface area contributed by atoms with E-state index in [0.717, 1.165) is 12.1 Å². The minimum absolute atomic E-state index is 0.760. The molecule has 2 nitrogen and oxygen atoms in total. The second kappa shape index (κ2) is 3.98. The Morgan fingerprint density at radius 1 is 0.765 bits per heavy atom. The van der Waals surface area contributed by atoms with E-state index in [1.165, 1.54) is 0 Å². The number of nitrogens with zero attached hydrogens (tertiary/aromatic N) is 2. The molecule has 1 aromatic rings. The van der Waals surface area contributed by atoms with E-state index in [9.17, 15) is 26.3 Å². The van der Waals surface area contributed by atoms with E-state index in [0.29, 0.717) is 0 Å². The Balaban J connectivity index is 3.89. The molecule has 0 N–H and O–H groups in total. The molecule has 0 atom stereocenters. The Hall–Kier alpha value is -2.22. The van der Waals surface area contributed by atoms with E-state index in [4.69, 9.17) is 10.5 Å². The normalized spacial score (nSPS) is 10.8. The molecule has 0 heterocycles. The first kappa shape index (κ1) is 12.8. The molecule has 0 aliphatic heterocycles. The topological polar surface area (TPSA) is 47.6 Å². The summed E-state index contributed by atoms with van der Waals surface area (Å²) in [5.74, 6) is -6.76. The fraction of sp³-hybridized carbons (Fsp3) is 0.111. The number of alkyl halides is 3. The van der Waals surface area contributed by atoms with Crippen LogP contribution in [0.25, 0.3) is 0 Å². The van der Waals surface area contributed by atoms with Crippen molar-refractivity contribution in [3.63, 3.8) is 0 Å². The van der Waals surface area contributed by atoms with Crippen LogP contribution in [-0.4, -0.2) is 0 Å². The molecular formula is C9F6N2. The smallest absolute Gasteiger partial charge is 0.204 e. The second-order valence-electron chi connectivity index (χ2n) is 2.79. The van der Waals surface area contributed by atoms with Gasteiger partial charge in [0.15, 0.2) is 17.5 Å². The average molecular weight is 250 g/mol. The number of hydrogen-bond donors (Lipinski definition) is 0. The van der Waals surface area contributed by atoms with Crippen LogP contribution in [0.3, 0.4) is 0 Å². The molecule has 0 spiro atoms. The fourth-order valence-corrected chi connectivity index (χ4v) is 1.13. The van der Waals surface area contributed by atoms with Crippen LogP contribution in [0.1, 0.15) is 16.7 Å². The third-order valence-corrected chi connectivity index (χ3v) is 1.83. The van der Waals surface area contributed by atoms with Crippen molar-refractivity contribution in [3.8, 4) is 12.1 Å². The zero-order valence-electron chi connectivity index (χ0n) is 7.66. The number of nitriles is 2. The lowest BCUT2D eigenvalue weighted by Gasteiger charge is -2.11.